The molecular weight excluding hydrogens is 426 g/mol. The Morgan fingerprint density at radius 1 is 1.09 bits per heavy atom. The first kappa shape index (κ1) is 22.0. The molecule has 0 saturated carbocycles. The van der Waals surface area contributed by atoms with Gasteiger partial charge in [0.05, 0.1) is 0 Å². The van der Waals surface area contributed by atoms with Crippen molar-refractivity contribution in [1.82, 2.24) is 20.5 Å². The van der Waals surface area contributed by atoms with E-state index in [0.717, 1.165) is 22.3 Å². The first-order valence-electron chi connectivity index (χ1n) is 10.5. The minimum atomic E-state index is -1.13. The van der Waals surface area contributed by atoms with Crippen LogP contribution in [0, 0.1) is 6.92 Å². The number of nitrogens with one attached hydrogen (secondary N) is 3. The number of aliphatic carboxylic acids is 1. The Morgan fingerprint density at radius 2 is 1.73 bits per heavy atom. The Kier molecular flexibility index (Phi) is 6.34. The molecule has 0 spiro atoms. The number of hydrogen-bond donors (Lipinski definition) is 4. The highest BCUT2D eigenvalue weighted by Crippen LogP contribution is 2.44. The average Bonchev–Trinajstić information content (AvgIpc) is 3.35. The van der Waals surface area contributed by atoms with Gasteiger partial charge in [-0.15, -0.1) is 5.10 Å². The van der Waals surface area contributed by atoms with Gasteiger partial charge in [-0.25, -0.2) is 4.79 Å². The quantitative estimate of drug-likeness (QED) is 0.413. The maximum Gasteiger partial charge on any atom is 0.407 e. The first-order chi connectivity index (χ1) is 15.9. The Hall–Kier alpha value is -4.21. The Labute approximate surface area is 189 Å². The van der Waals surface area contributed by atoms with E-state index in [1.54, 1.807) is 6.92 Å². The van der Waals surface area contributed by atoms with E-state index >= 15 is 0 Å². The van der Waals surface area contributed by atoms with E-state index in [1.807, 2.05) is 48.5 Å². The van der Waals surface area contributed by atoms with E-state index < -0.39 is 24.0 Å². The maximum atomic E-state index is 12.6. The van der Waals surface area contributed by atoms with Crippen molar-refractivity contribution in [1.29, 1.82) is 0 Å². The van der Waals surface area contributed by atoms with Crippen molar-refractivity contribution < 1.29 is 24.2 Å². The third-order valence-corrected chi connectivity index (χ3v) is 5.43. The third kappa shape index (κ3) is 5.00. The van der Waals surface area contributed by atoms with Crippen LogP contribution in [0.25, 0.3) is 11.1 Å². The number of amides is 2. The lowest BCUT2D eigenvalue weighted by atomic mass is 9.98. The number of rotatable bonds is 8. The molecule has 170 valence electrons. The highest BCUT2D eigenvalue weighted by Gasteiger charge is 2.30. The molecule has 10 nitrogen and oxygen atoms in total. The summed E-state index contributed by atoms with van der Waals surface area (Å²) in [5, 5.41) is 20.3. The minimum absolute atomic E-state index is 0.0344. The predicted molar refractivity (Wildman–Crippen MR) is 119 cm³/mol. The van der Waals surface area contributed by atoms with Gasteiger partial charge in [-0.3, -0.25) is 20.0 Å². The van der Waals surface area contributed by atoms with E-state index in [4.69, 9.17) is 9.84 Å². The van der Waals surface area contributed by atoms with Gasteiger partial charge in [-0.05, 0) is 35.6 Å². The summed E-state index contributed by atoms with van der Waals surface area (Å²) in [6, 6.07) is 14.8. The SMILES string of the molecule is Cc1nc(NC(=O)C(CCC(=O)O)NC(=O)OCC2c3ccccc3-c3ccccc32)n[nH]1. The van der Waals surface area contributed by atoms with Crippen molar-refractivity contribution in [2.45, 2.75) is 31.7 Å². The van der Waals surface area contributed by atoms with Gasteiger partial charge in [0, 0.05) is 12.3 Å². The molecular formula is C23H23N5O5. The normalized spacial score (nSPS) is 13.0. The van der Waals surface area contributed by atoms with Crippen molar-refractivity contribution in [3.63, 3.8) is 0 Å². The maximum absolute atomic E-state index is 12.6. The number of hydrogen-bond acceptors (Lipinski definition) is 6. The number of carbonyl (C=O) groups excluding carboxylic acids is 2. The van der Waals surface area contributed by atoms with Crippen LogP contribution in [-0.4, -0.2) is 50.9 Å². The monoisotopic (exact) mass is 449 g/mol. The second-order valence-corrected chi connectivity index (χ2v) is 7.69. The van der Waals surface area contributed by atoms with Crippen LogP contribution in [0.2, 0.25) is 0 Å². The number of nitrogens with zero attached hydrogens (tertiary/aromatic N) is 2. The third-order valence-electron chi connectivity index (χ3n) is 5.43. The molecule has 0 fully saturated rings. The number of aromatic nitrogens is 3. The number of H-pyrrole nitrogens is 1. The molecule has 1 unspecified atom stereocenters. The predicted octanol–water partition coefficient (Wildman–Crippen LogP) is 2.82. The van der Waals surface area contributed by atoms with E-state index in [9.17, 15) is 14.4 Å². The molecule has 1 aromatic heterocycles. The lowest BCUT2D eigenvalue weighted by Crippen LogP contribution is -2.44. The highest BCUT2D eigenvalue weighted by molar-refractivity contribution is 5.95. The zero-order valence-corrected chi connectivity index (χ0v) is 17.9. The number of ether oxygens (including phenoxy) is 1. The summed E-state index contributed by atoms with van der Waals surface area (Å²) in [4.78, 5) is 40.1. The molecule has 0 saturated heterocycles. The molecule has 2 aromatic carbocycles. The van der Waals surface area contributed by atoms with Crippen molar-refractivity contribution in [2.24, 2.45) is 0 Å². The van der Waals surface area contributed by atoms with E-state index in [1.165, 1.54) is 0 Å². The fraction of sp³-hybridized carbons (Fsp3) is 0.261. The molecule has 4 rings (SSSR count). The number of aromatic amines is 1. The van der Waals surface area contributed by atoms with Crippen molar-refractivity contribution in [3.8, 4) is 11.1 Å². The zero-order chi connectivity index (χ0) is 23.4. The lowest BCUT2D eigenvalue weighted by Gasteiger charge is -2.18. The number of fused-ring (bicyclic) bond motifs is 3. The number of benzene rings is 2. The fourth-order valence-electron chi connectivity index (χ4n) is 3.91. The van der Waals surface area contributed by atoms with Gasteiger partial charge in [0.2, 0.25) is 11.9 Å². The van der Waals surface area contributed by atoms with Gasteiger partial charge >= 0.3 is 12.1 Å². The summed E-state index contributed by atoms with van der Waals surface area (Å²) in [5.41, 5.74) is 4.32. The van der Waals surface area contributed by atoms with Crippen LogP contribution in [0.4, 0.5) is 10.7 Å². The van der Waals surface area contributed by atoms with Crippen molar-refractivity contribution >= 4 is 23.9 Å². The van der Waals surface area contributed by atoms with Gasteiger partial charge < -0.3 is 15.2 Å². The molecule has 3 aromatic rings. The standard InChI is InChI=1S/C23H23N5O5/c1-13-24-22(28-27-13)26-21(31)19(10-11-20(29)30)25-23(32)33-12-18-16-8-4-2-6-14(16)15-7-3-5-9-17(15)18/h2-9,18-19H,10-12H2,1H3,(H,25,32)(H,29,30)(H2,24,26,27,28,31). The van der Waals surface area contributed by atoms with Crippen LogP contribution in [0.15, 0.2) is 48.5 Å². The van der Waals surface area contributed by atoms with Crippen LogP contribution in [-0.2, 0) is 14.3 Å². The molecule has 1 atom stereocenters. The summed E-state index contributed by atoms with van der Waals surface area (Å²) in [6.07, 6.45) is -1.24. The van der Waals surface area contributed by atoms with Gasteiger partial charge in [-0.2, -0.15) is 4.98 Å². The van der Waals surface area contributed by atoms with E-state index in [0.29, 0.717) is 5.82 Å². The van der Waals surface area contributed by atoms with Crippen LogP contribution < -0.4 is 10.6 Å². The summed E-state index contributed by atoms with van der Waals surface area (Å²) in [7, 11) is 0. The van der Waals surface area contributed by atoms with Crippen LogP contribution >= 0.6 is 0 Å². The van der Waals surface area contributed by atoms with Crippen LogP contribution in [0.1, 0.15) is 35.7 Å². The largest absolute Gasteiger partial charge is 0.481 e. The molecule has 4 N–H and O–H groups in total. The van der Waals surface area contributed by atoms with Crippen molar-refractivity contribution in [2.75, 3.05) is 11.9 Å². The molecule has 2 amide bonds. The van der Waals surface area contributed by atoms with Crippen LogP contribution in [0.5, 0.6) is 0 Å². The second-order valence-electron chi connectivity index (χ2n) is 7.69. The zero-order valence-electron chi connectivity index (χ0n) is 17.9. The lowest BCUT2D eigenvalue weighted by molar-refractivity contribution is -0.137. The number of anilines is 1. The van der Waals surface area contributed by atoms with Crippen molar-refractivity contribution in [3.05, 3.63) is 65.5 Å². The van der Waals surface area contributed by atoms with E-state index in [2.05, 4.69) is 25.8 Å². The summed E-state index contributed by atoms with van der Waals surface area (Å²) in [6.45, 7) is 1.74. The van der Waals surface area contributed by atoms with Gasteiger partial charge in [0.1, 0.15) is 18.5 Å². The smallest absolute Gasteiger partial charge is 0.407 e. The Morgan fingerprint density at radius 3 is 2.30 bits per heavy atom. The summed E-state index contributed by atoms with van der Waals surface area (Å²) in [5.74, 6) is -1.32. The minimum Gasteiger partial charge on any atom is -0.481 e. The summed E-state index contributed by atoms with van der Waals surface area (Å²) < 4.78 is 5.47. The Balaban J connectivity index is 1.42. The average molecular weight is 449 g/mol. The molecule has 1 heterocycles. The van der Waals surface area contributed by atoms with Gasteiger partial charge in [-0.1, -0.05) is 48.5 Å². The second kappa shape index (κ2) is 9.51. The fourth-order valence-corrected chi connectivity index (χ4v) is 3.91. The molecule has 1 aliphatic rings. The molecule has 0 aliphatic heterocycles. The number of alkyl carbamates (subject to hydrolysis) is 1. The number of carbonyl (C=O) groups is 3. The van der Waals surface area contributed by atoms with Gasteiger partial charge in [0.15, 0.2) is 0 Å². The Bertz CT molecular complexity index is 1150. The number of aryl methyl sites for hydroxylation is 1. The topological polar surface area (TPSA) is 146 Å². The number of carboxylic acids is 1. The molecule has 1 aliphatic carbocycles. The van der Waals surface area contributed by atoms with E-state index in [-0.39, 0.29) is 31.3 Å². The first-order valence-corrected chi connectivity index (χ1v) is 10.5. The molecule has 33 heavy (non-hydrogen) atoms. The molecule has 0 bridgehead atoms. The number of carboxylic acid groups (broad SMARTS) is 1. The summed E-state index contributed by atoms with van der Waals surface area (Å²) >= 11 is 0. The van der Waals surface area contributed by atoms with Crippen LogP contribution in [0.3, 0.4) is 0 Å². The molecule has 10 heteroatoms. The highest BCUT2D eigenvalue weighted by atomic mass is 16.5. The molecule has 0 radical (unpaired) electrons. The van der Waals surface area contributed by atoms with Gasteiger partial charge in [0.25, 0.3) is 0 Å².